The summed E-state index contributed by atoms with van der Waals surface area (Å²) in [6.07, 6.45) is 0. The zero-order valence-electron chi connectivity index (χ0n) is 8.74. The molecule has 1 rings (SSSR count). The molecule has 0 radical (unpaired) electrons. The van der Waals surface area contributed by atoms with Crippen LogP contribution in [-0.4, -0.2) is 25.6 Å². The summed E-state index contributed by atoms with van der Waals surface area (Å²) in [7, 11) is 6.60. The maximum atomic E-state index is 8.24. The van der Waals surface area contributed by atoms with Gasteiger partial charge < -0.3 is 13.8 Å². The molecule has 0 aromatic heterocycles. The van der Waals surface area contributed by atoms with Crippen molar-refractivity contribution in [3.8, 4) is 0 Å². The molecule has 14 heavy (non-hydrogen) atoms. The van der Waals surface area contributed by atoms with Gasteiger partial charge in [0.25, 0.3) is 0 Å². The van der Waals surface area contributed by atoms with E-state index in [0.29, 0.717) is 0 Å². The number of nitrogens with zero attached hydrogens (tertiary/aromatic N) is 1. The molecule has 0 fully saturated rings. The van der Waals surface area contributed by atoms with E-state index in [2.05, 4.69) is 51.5 Å². The van der Waals surface area contributed by atoms with Crippen LogP contribution in [0.25, 0.3) is 0 Å². The Hall–Kier alpha value is -0.610. The van der Waals surface area contributed by atoms with Crippen LogP contribution < -0.4 is 9.32 Å². The molecule has 0 saturated heterocycles. The zero-order valence-corrected chi connectivity index (χ0v) is 9.49. The van der Waals surface area contributed by atoms with Gasteiger partial charge in [-0.1, -0.05) is 30.3 Å². The largest absolute Gasteiger partial charge is 0.544 e. The fourth-order valence-electron chi connectivity index (χ4n) is 1.13. The van der Waals surface area contributed by atoms with Crippen molar-refractivity contribution in [3.05, 3.63) is 35.9 Å². The molecular formula is C10H16ClNO2. The highest BCUT2D eigenvalue weighted by molar-refractivity contribution is 5.13. The first-order chi connectivity index (χ1) is 6.49. The zero-order chi connectivity index (χ0) is 11.0. The summed E-state index contributed by atoms with van der Waals surface area (Å²) in [5.41, 5.74) is 1.40. The van der Waals surface area contributed by atoms with Crippen LogP contribution in [0.1, 0.15) is 5.56 Å². The van der Waals surface area contributed by atoms with Crippen molar-refractivity contribution >= 4 is 0 Å². The van der Waals surface area contributed by atoms with Gasteiger partial charge in [-0.25, -0.2) is 0 Å². The second-order valence-electron chi connectivity index (χ2n) is 4.00. The molecule has 0 spiro atoms. The van der Waals surface area contributed by atoms with Gasteiger partial charge in [-0.2, -0.15) is 0 Å². The Morgan fingerprint density at radius 2 is 1.50 bits per heavy atom. The molecule has 0 unspecified atom stereocenters. The van der Waals surface area contributed by atoms with E-state index < -0.39 is 11.3 Å². The Morgan fingerprint density at radius 1 is 1.07 bits per heavy atom. The lowest BCUT2D eigenvalue weighted by Gasteiger charge is -2.23. The van der Waals surface area contributed by atoms with Crippen LogP contribution in [0.5, 0.6) is 0 Å². The predicted molar refractivity (Wildman–Crippen MR) is 48.2 cm³/mol. The van der Waals surface area contributed by atoms with Crippen LogP contribution in [-0.2, 0) is 6.54 Å². The highest BCUT2D eigenvalue weighted by Crippen LogP contribution is 2.04. The average molecular weight is 218 g/mol. The van der Waals surface area contributed by atoms with E-state index in [1.807, 2.05) is 0 Å². The van der Waals surface area contributed by atoms with E-state index in [0.717, 1.165) is 11.0 Å². The van der Waals surface area contributed by atoms with Crippen LogP contribution in [0.3, 0.4) is 0 Å². The van der Waals surface area contributed by atoms with Gasteiger partial charge in [0.05, 0.1) is 32.5 Å². The minimum atomic E-state index is -0.417. The Balaban J connectivity index is 0.000000500. The molecule has 0 aliphatic carbocycles. The number of hydrogen-bond acceptors (Lipinski definition) is 2. The molecule has 3 nitrogen and oxygen atoms in total. The molecule has 0 atom stereocenters. The summed E-state index contributed by atoms with van der Waals surface area (Å²) in [4.78, 5) is 0. The smallest absolute Gasteiger partial charge is 0.104 e. The first-order valence-corrected chi connectivity index (χ1v) is 4.85. The molecule has 1 aromatic carbocycles. The minimum absolute atomic E-state index is 0.417. The molecule has 0 saturated carbocycles. The number of benzene rings is 1. The van der Waals surface area contributed by atoms with Crippen LogP contribution in [0.15, 0.2) is 30.3 Å². The normalized spacial score (nSPS) is 10.4. The molecule has 4 heteroatoms. The number of quaternary nitrogens is 1. The van der Waals surface area contributed by atoms with Gasteiger partial charge in [0.15, 0.2) is 0 Å². The van der Waals surface area contributed by atoms with Gasteiger partial charge in [0.2, 0.25) is 0 Å². The van der Waals surface area contributed by atoms with E-state index in [1.165, 1.54) is 5.56 Å². The monoisotopic (exact) mass is 217 g/mol. The average Bonchev–Trinajstić information content (AvgIpc) is 2.04. The van der Waals surface area contributed by atoms with E-state index >= 15 is 0 Å². The summed E-state index contributed by atoms with van der Waals surface area (Å²) >= 11 is -0.417. The van der Waals surface area contributed by atoms with Crippen molar-refractivity contribution in [1.82, 2.24) is 0 Å². The first kappa shape index (κ1) is 13.4. The second-order valence-corrected chi connectivity index (χ2v) is 4.12. The molecule has 80 valence electrons. The van der Waals surface area contributed by atoms with E-state index in [4.69, 9.17) is 9.32 Å². The van der Waals surface area contributed by atoms with Gasteiger partial charge in [-0.15, -0.1) is 0 Å². The van der Waals surface area contributed by atoms with E-state index in [-0.39, 0.29) is 0 Å². The standard InChI is InChI=1S/C10H16N.ClO2/c1-11(2,3)9-10-7-5-4-6-8-10;2-1-3/h4-8H,9H2,1-3H3;/q+1;-1. The fourth-order valence-corrected chi connectivity index (χ4v) is 1.13. The molecule has 0 heterocycles. The molecule has 0 aliphatic heterocycles. The SMILES string of the molecule is C[N+](C)(C)Cc1ccccc1.[O-][Cl+][O-]. The lowest BCUT2D eigenvalue weighted by Crippen LogP contribution is -2.33. The highest BCUT2D eigenvalue weighted by atomic mass is 35.6. The summed E-state index contributed by atoms with van der Waals surface area (Å²) < 4.78 is 17.5. The third-order valence-corrected chi connectivity index (χ3v) is 1.50. The Kier molecular flexibility index (Phi) is 6.49. The number of halogens is 1. The summed E-state index contributed by atoms with van der Waals surface area (Å²) in [5.74, 6) is 0. The molecule has 0 aliphatic rings. The molecule has 0 bridgehead atoms. The van der Waals surface area contributed by atoms with Crippen LogP contribution in [0, 0.1) is 11.3 Å². The summed E-state index contributed by atoms with van der Waals surface area (Å²) in [6.45, 7) is 1.10. The van der Waals surface area contributed by atoms with Gasteiger partial charge >= 0.3 is 0 Å². The maximum Gasteiger partial charge on any atom is 0.104 e. The van der Waals surface area contributed by atoms with Gasteiger partial charge in [-0.05, 0) is 0 Å². The third kappa shape index (κ3) is 8.01. The quantitative estimate of drug-likeness (QED) is 0.628. The predicted octanol–water partition coefficient (Wildman–Crippen LogP) is -0.485. The molecule has 0 N–H and O–H groups in total. The lowest BCUT2D eigenvalue weighted by atomic mass is 10.2. The van der Waals surface area contributed by atoms with Crippen molar-refractivity contribution in [1.29, 1.82) is 0 Å². The summed E-state index contributed by atoms with van der Waals surface area (Å²) in [5, 5.41) is 0. The van der Waals surface area contributed by atoms with E-state index in [9.17, 15) is 0 Å². The Bertz CT molecular complexity index is 234. The van der Waals surface area contributed by atoms with Crippen LogP contribution in [0.4, 0.5) is 0 Å². The van der Waals surface area contributed by atoms with Crippen molar-refractivity contribution < 1.29 is 25.1 Å². The number of rotatable bonds is 2. The maximum absolute atomic E-state index is 8.24. The Morgan fingerprint density at radius 3 is 1.86 bits per heavy atom. The van der Waals surface area contributed by atoms with Crippen molar-refractivity contribution in [2.75, 3.05) is 21.1 Å². The molecule has 1 aromatic rings. The van der Waals surface area contributed by atoms with Crippen LogP contribution in [0.2, 0.25) is 0 Å². The fraction of sp³-hybridized carbons (Fsp3) is 0.400. The second kappa shape index (κ2) is 6.79. The Labute approximate surface area is 89.3 Å². The minimum Gasteiger partial charge on any atom is -0.544 e. The van der Waals surface area contributed by atoms with Crippen molar-refractivity contribution in [2.24, 2.45) is 0 Å². The third-order valence-electron chi connectivity index (χ3n) is 1.50. The molecular weight excluding hydrogens is 202 g/mol. The van der Waals surface area contributed by atoms with Crippen LogP contribution >= 0.6 is 0 Å². The lowest BCUT2D eigenvalue weighted by molar-refractivity contribution is -1.41. The van der Waals surface area contributed by atoms with Crippen molar-refractivity contribution in [2.45, 2.75) is 6.54 Å². The van der Waals surface area contributed by atoms with Gasteiger partial charge in [-0.3, -0.25) is 0 Å². The summed E-state index contributed by atoms with van der Waals surface area (Å²) in [6, 6.07) is 10.6. The highest BCUT2D eigenvalue weighted by Gasteiger charge is 2.06. The topological polar surface area (TPSA) is 46.1 Å². The van der Waals surface area contributed by atoms with E-state index in [1.54, 1.807) is 0 Å². The number of hydrogen-bond donors (Lipinski definition) is 0. The first-order valence-electron chi connectivity index (χ1n) is 4.23. The van der Waals surface area contributed by atoms with Gasteiger partial charge in [0, 0.05) is 5.56 Å². The van der Waals surface area contributed by atoms with Crippen molar-refractivity contribution in [3.63, 3.8) is 0 Å². The van der Waals surface area contributed by atoms with Gasteiger partial charge in [0.1, 0.15) is 6.54 Å². The molecule has 0 amide bonds.